The summed E-state index contributed by atoms with van der Waals surface area (Å²) >= 11 is 0. The smallest absolute Gasteiger partial charge is 0.252 e. The molecular weight excluding hydrogens is 398 g/mol. The van der Waals surface area contributed by atoms with Crippen LogP contribution in [0.1, 0.15) is 53.2 Å². The fourth-order valence-corrected chi connectivity index (χ4v) is 5.20. The minimum absolute atomic E-state index is 0.151. The van der Waals surface area contributed by atoms with Gasteiger partial charge in [0.1, 0.15) is 5.65 Å². The van der Waals surface area contributed by atoms with Gasteiger partial charge in [-0.05, 0) is 60.9 Å². The summed E-state index contributed by atoms with van der Waals surface area (Å²) in [6.45, 7) is 0. The van der Waals surface area contributed by atoms with Gasteiger partial charge in [-0.15, -0.1) is 0 Å². The topological polar surface area (TPSA) is 91.9 Å². The molecular formula is C23H27N3O3S. The normalized spacial score (nSPS) is 16.1. The van der Waals surface area contributed by atoms with Crippen molar-refractivity contribution in [3.05, 3.63) is 59.4 Å². The largest absolute Gasteiger partial charge is 0.355 e. The Morgan fingerprint density at radius 2 is 1.90 bits per heavy atom. The Kier molecular flexibility index (Phi) is 5.64. The fourth-order valence-electron chi connectivity index (χ4n) is 4.57. The average Bonchev–Trinajstić information content (AvgIpc) is 3.39. The molecule has 1 atom stereocenters. The number of carbonyl (C=O) groups excluding carboxylic acids is 1. The molecule has 1 amide bonds. The molecule has 6 nitrogen and oxygen atoms in total. The zero-order chi connectivity index (χ0) is 21.3. The molecule has 30 heavy (non-hydrogen) atoms. The van der Waals surface area contributed by atoms with E-state index in [4.69, 9.17) is 0 Å². The maximum absolute atomic E-state index is 11.9. The van der Waals surface area contributed by atoms with E-state index in [2.05, 4.69) is 21.4 Å². The van der Waals surface area contributed by atoms with E-state index in [0.717, 1.165) is 23.1 Å². The molecule has 1 unspecified atom stereocenters. The number of carbonyl (C=O) groups is 1. The van der Waals surface area contributed by atoms with Crippen molar-refractivity contribution in [2.45, 2.75) is 42.9 Å². The molecule has 2 heterocycles. The third-order valence-corrected chi connectivity index (χ3v) is 7.29. The molecule has 1 aromatic carbocycles. The third kappa shape index (κ3) is 4.26. The summed E-state index contributed by atoms with van der Waals surface area (Å²) in [5, 5.41) is 3.55. The number of rotatable bonds is 6. The van der Waals surface area contributed by atoms with Crippen molar-refractivity contribution in [1.82, 2.24) is 15.3 Å². The molecule has 7 heteroatoms. The maximum Gasteiger partial charge on any atom is 0.252 e. The Balaban J connectivity index is 1.64. The lowest BCUT2D eigenvalue weighted by atomic mass is 9.82. The summed E-state index contributed by atoms with van der Waals surface area (Å²) in [5.41, 5.74) is 3.57. The lowest BCUT2D eigenvalue weighted by Crippen LogP contribution is -2.17. The molecule has 1 saturated carbocycles. The highest BCUT2D eigenvalue weighted by molar-refractivity contribution is 7.90. The summed E-state index contributed by atoms with van der Waals surface area (Å²) in [7, 11) is -1.59. The van der Waals surface area contributed by atoms with Crippen molar-refractivity contribution in [2.75, 3.05) is 13.3 Å². The number of nitrogens with one attached hydrogen (secondary N) is 2. The Bertz CT molecular complexity index is 1160. The average molecular weight is 426 g/mol. The molecule has 0 bridgehead atoms. The number of aromatic nitrogens is 2. The number of benzene rings is 1. The molecule has 158 valence electrons. The van der Waals surface area contributed by atoms with Gasteiger partial charge in [-0.3, -0.25) is 4.79 Å². The number of hydrogen-bond acceptors (Lipinski definition) is 4. The Morgan fingerprint density at radius 1 is 1.20 bits per heavy atom. The van der Waals surface area contributed by atoms with Crippen LogP contribution >= 0.6 is 0 Å². The minimum Gasteiger partial charge on any atom is -0.355 e. The van der Waals surface area contributed by atoms with E-state index in [0.29, 0.717) is 22.3 Å². The summed E-state index contributed by atoms with van der Waals surface area (Å²) in [5.74, 6) is 0.740. The highest BCUT2D eigenvalue weighted by atomic mass is 32.2. The quantitative estimate of drug-likeness (QED) is 0.628. The van der Waals surface area contributed by atoms with Crippen molar-refractivity contribution in [3.63, 3.8) is 0 Å². The van der Waals surface area contributed by atoms with Crippen LogP contribution < -0.4 is 5.32 Å². The van der Waals surface area contributed by atoms with Crippen LogP contribution in [0.5, 0.6) is 0 Å². The number of nitrogens with zero attached hydrogens (tertiary/aromatic N) is 1. The van der Waals surface area contributed by atoms with Crippen LogP contribution in [0, 0.1) is 5.92 Å². The number of sulfone groups is 1. The van der Waals surface area contributed by atoms with Gasteiger partial charge in [-0.2, -0.15) is 0 Å². The zero-order valence-electron chi connectivity index (χ0n) is 17.3. The van der Waals surface area contributed by atoms with E-state index in [1.165, 1.54) is 37.5 Å². The highest BCUT2D eigenvalue weighted by Gasteiger charge is 2.27. The van der Waals surface area contributed by atoms with Gasteiger partial charge in [0, 0.05) is 30.6 Å². The van der Waals surface area contributed by atoms with Crippen LogP contribution in [0.3, 0.4) is 0 Å². The molecule has 0 aliphatic heterocycles. The van der Waals surface area contributed by atoms with Gasteiger partial charge in [-0.25, -0.2) is 13.4 Å². The number of hydrogen-bond donors (Lipinski definition) is 2. The third-order valence-electron chi connectivity index (χ3n) is 6.16. The summed E-state index contributed by atoms with van der Waals surface area (Å²) in [4.78, 5) is 20.1. The Morgan fingerprint density at radius 3 is 2.53 bits per heavy atom. The molecule has 0 radical (unpaired) electrons. The second kappa shape index (κ2) is 8.22. The maximum atomic E-state index is 11.9. The minimum atomic E-state index is -3.20. The first kappa shape index (κ1) is 20.6. The lowest BCUT2D eigenvalue weighted by molar-refractivity contribution is 0.0963. The van der Waals surface area contributed by atoms with E-state index >= 15 is 0 Å². The Labute approximate surface area is 177 Å². The van der Waals surface area contributed by atoms with Crippen molar-refractivity contribution in [3.8, 4) is 0 Å². The monoisotopic (exact) mass is 425 g/mol. The highest BCUT2D eigenvalue weighted by Crippen LogP contribution is 2.39. The van der Waals surface area contributed by atoms with Crippen molar-refractivity contribution in [2.24, 2.45) is 5.92 Å². The van der Waals surface area contributed by atoms with Gasteiger partial charge in [0.25, 0.3) is 5.91 Å². The molecule has 0 saturated heterocycles. The van der Waals surface area contributed by atoms with Crippen molar-refractivity contribution >= 4 is 26.8 Å². The van der Waals surface area contributed by atoms with E-state index in [-0.39, 0.29) is 5.91 Å². The van der Waals surface area contributed by atoms with Crippen LogP contribution in [0.15, 0.2) is 47.5 Å². The molecule has 1 aliphatic carbocycles. The second-order valence-electron chi connectivity index (χ2n) is 8.23. The van der Waals surface area contributed by atoms with Crippen LogP contribution in [0.25, 0.3) is 11.0 Å². The lowest BCUT2D eigenvalue weighted by Gasteiger charge is -2.24. The van der Waals surface area contributed by atoms with Gasteiger partial charge in [0.15, 0.2) is 9.84 Å². The Hall–Kier alpha value is -2.67. The second-order valence-corrected chi connectivity index (χ2v) is 10.2. The first-order chi connectivity index (χ1) is 14.3. The standard InChI is InChI=1S/C23H27N3O3S/c1-24-23(27)18-11-17-12-19(26-22(17)25-14-18)13-21(15-5-3-4-6-15)16-7-9-20(10-8-16)30(2,28)29/h7-12,14-15,21H,3-6,13H2,1-2H3,(H,24,27)(H,25,26). The molecule has 3 aromatic rings. The first-order valence-corrected chi connectivity index (χ1v) is 12.2. The van der Waals surface area contributed by atoms with Gasteiger partial charge in [-0.1, -0.05) is 25.0 Å². The SMILES string of the molecule is CNC(=O)c1cnc2[nH]c(CC(c3ccc(S(C)(=O)=O)cc3)C3CCCC3)cc2c1. The summed E-state index contributed by atoms with van der Waals surface area (Å²) < 4.78 is 23.6. The zero-order valence-corrected chi connectivity index (χ0v) is 18.1. The van der Waals surface area contributed by atoms with Crippen molar-refractivity contribution < 1.29 is 13.2 Å². The number of H-pyrrole nitrogens is 1. The van der Waals surface area contributed by atoms with Crippen LogP contribution in [-0.4, -0.2) is 37.6 Å². The summed E-state index contributed by atoms with van der Waals surface area (Å²) in [6, 6.07) is 11.3. The van der Waals surface area contributed by atoms with Crippen molar-refractivity contribution in [1.29, 1.82) is 0 Å². The van der Waals surface area contributed by atoms with E-state index < -0.39 is 9.84 Å². The van der Waals surface area contributed by atoms with Crippen LogP contribution in [0.2, 0.25) is 0 Å². The molecule has 0 spiro atoms. The summed E-state index contributed by atoms with van der Waals surface area (Å²) in [6.07, 6.45) is 8.52. The molecule has 1 fully saturated rings. The van der Waals surface area contributed by atoms with E-state index in [1.807, 2.05) is 18.2 Å². The predicted molar refractivity (Wildman–Crippen MR) is 117 cm³/mol. The first-order valence-electron chi connectivity index (χ1n) is 10.3. The van der Waals surface area contributed by atoms with Gasteiger partial charge in [0.2, 0.25) is 0 Å². The molecule has 2 N–H and O–H groups in total. The number of pyridine rings is 1. The molecule has 4 rings (SSSR count). The van der Waals surface area contributed by atoms with E-state index in [9.17, 15) is 13.2 Å². The van der Waals surface area contributed by atoms with Crippen LogP contribution in [-0.2, 0) is 16.3 Å². The van der Waals surface area contributed by atoms with Gasteiger partial charge < -0.3 is 10.3 Å². The van der Waals surface area contributed by atoms with Gasteiger partial charge >= 0.3 is 0 Å². The number of aromatic amines is 1. The predicted octanol–water partition coefficient (Wildman–Crippen LogP) is 3.84. The van der Waals surface area contributed by atoms with Gasteiger partial charge in [0.05, 0.1) is 10.5 Å². The molecule has 1 aliphatic rings. The van der Waals surface area contributed by atoms with Crippen LogP contribution in [0.4, 0.5) is 0 Å². The number of fused-ring (bicyclic) bond motifs is 1. The van der Waals surface area contributed by atoms with E-state index in [1.54, 1.807) is 25.4 Å². The number of amides is 1. The molecule has 2 aromatic heterocycles. The fraction of sp³-hybridized carbons (Fsp3) is 0.391.